The number of pyridine rings is 2. The van der Waals surface area contributed by atoms with Crippen molar-refractivity contribution in [2.24, 2.45) is 17.8 Å². The van der Waals surface area contributed by atoms with Gasteiger partial charge in [-0.25, -0.2) is 18.7 Å². The van der Waals surface area contributed by atoms with E-state index in [1.807, 2.05) is 0 Å². The predicted octanol–water partition coefficient (Wildman–Crippen LogP) is 5.32. The minimum atomic E-state index is -2.53. The highest BCUT2D eigenvalue weighted by atomic mass is 19.3. The Labute approximate surface area is 182 Å². The summed E-state index contributed by atoms with van der Waals surface area (Å²) in [4.78, 5) is 11.5. The molecule has 1 N–H and O–H groups in total. The summed E-state index contributed by atoms with van der Waals surface area (Å²) in [6, 6.07) is 7.08. The van der Waals surface area contributed by atoms with E-state index >= 15 is 0 Å². The fourth-order valence-corrected chi connectivity index (χ4v) is 5.33. The molecule has 0 radical (unpaired) electrons. The molecule has 166 valence electrons. The number of rotatable bonds is 6. The topological polar surface area (TPSA) is 50.3 Å². The summed E-state index contributed by atoms with van der Waals surface area (Å²) in [6.07, 6.45) is 2.16. The second kappa shape index (κ2) is 8.01. The fraction of sp³-hybridized carbons (Fsp3) is 0.583. The monoisotopic (exact) mass is 428 g/mol. The molecule has 2 saturated heterocycles. The van der Waals surface area contributed by atoms with E-state index in [2.05, 4.69) is 41.2 Å². The third-order valence-corrected chi connectivity index (χ3v) is 7.47. The molecule has 1 aliphatic carbocycles. The first-order valence-corrected chi connectivity index (χ1v) is 11.3. The van der Waals surface area contributed by atoms with Crippen LogP contribution in [0.25, 0.3) is 0 Å². The minimum Gasteiger partial charge on any atom is -0.381 e. The molecule has 0 bridgehead atoms. The summed E-state index contributed by atoms with van der Waals surface area (Å²) in [7, 11) is 0. The van der Waals surface area contributed by atoms with Crippen molar-refractivity contribution >= 4 is 17.5 Å². The summed E-state index contributed by atoms with van der Waals surface area (Å²) in [5.41, 5.74) is 1.23. The van der Waals surface area contributed by atoms with Crippen molar-refractivity contribution in [3.8, 4) is 0 Å². The third-order valence-electron chi connectivity index (χ3n) is 7.47. The van der Waals surface area contributed by atoms with Gasteiger partial charge in [-0.2, -0.15) is 0 Å². The zero-order valence-electron chi connectivity index (χ0n) is 18.2. The van der Waals surface area contributed by atoms with Crippen LogP contribution in [0, 0.1) is 17.8 Å². The Morgan fingerprint density at radius 1 is 1.10 bits per heavy atom. The van der Waals surface area contributed by atoms with E-state index in [0.29, 0.717) is 17.6 Å². The van der Waals surface area contributed by atoms with E-state index < -0.39 is 6.43 Å². The van der Waals surface area contributed by atoms with Crippen LogP contribution in [-0.4, -0.2) is 36.3 Å². The zero-order chi connectivity index (χ0) is 21.6. The number of hydrogen-bond acceptors (Lipinski definition) is 5. The van der Waals surface area contributed by atoms with Crippen molar-refractivity contribution in [2.75, 3.05) is 36.5 Å². The second-order valence-corrected chi connectivity index (χ2v) is 9.58. The van der Waals surface area contributed by atoms with Gasteiger partial charge in [-0.15, -0.1) is 0 Å². The molecule has 2 aliphatic heterocycles. The lowest BCUT2D eigenvalue weighted by Crippen LogP contribution is -2.39. The summed E-state index contributed by atoms with van der Waals surface area (Å²) in [5, 5.41) is 3.21. The first-order chi connectivity index (χ1) is 14.9. The van der Waals surface area contributed by atoms with Crippen LogP contribution in [0.1, 0.15) is 50.7 Å². The number of fused-ring (bicyclic) bond motifs is 1. The van der Waals surface area contributed by atoms with Gasteiger partial charge in [0, 0.05) is 43.5 Å². The lowest BCUT2D eigenvalue weighted by molar-refractivity contribution is 0.0321. The molecular formula is C24H30F2N4O. The Hall–Kier alpha value is -2.28. The molecule has 2 unspecified atom stereocenters. The van der Waals surface area contributed by atoms with Gasteiger partial charge in [0.2, 0.25) is 0 Å². The molecule has 31 heavy (non-hydrogen) atoms. The van der Waals surface area contributed by atoms with Gasteiger partial charge >= 0.3 is 0 Å². The lowest BCUT2D eigenvalue weighted by Gasteiger charge is -2.42. The van der Waals surface area contributed by atoms with Gasteiger partial charge in [-0.05, 0) is 66.8 Å². The van der Waals surface area contributed by atoms with E-state index in [9.17, 15) is 8.78 Å². The molecule has 2 aromatic rings. The number of piperidine rings is 1. The van der Waals surface area contributed by atoms with Gasteiger partial charge in [0.1, 0.15) is 17.5 Å². The molecule has 5 nitrogen and oxygen atoms in total. The van der Waals surface area contributed by atoms with Gasteiger partial charge in [-0.3, -0.25) is 0 Å². The maximum atomic E-state index is 13.2. The number of ether oxygens (including phenoxy) is 1. The van der Waals surface area contributed by atoms with Crippen LogP contribution in [0.2, 0.25) is 0 Å². The van der Waals surface area contributed by atoms with Gasteiger partial charge in [0.05, 0.1) is 0 Å². The third kappa shape index (κ3) is 4.00. The van der Waals surface area contributed by atoms with Crippen molar-refractivity contribution < 1.29 is 13.5 Å². The van der Waals surface area contributed by atoms with Crippen LogP contribution in [-0.2, 0) is 10.2 Å². The molecular weight excluding hydrogens is 398 g/mol. The number of nitrogens with zero attached hydrogens (tertiary/aromatic N) is 3. The Balaban J connectivity index is 1.52. The van der Waals surface area contributed by atoms with Crippen molar-refractivity contribution in [2.45, 2.75) is 45.0 Å². The molecule has 0 spiro atoms. The average molecular weight is 429 g/mol. The normalized spacial score (nSPS) is 24.5. The molecule has 3 aliphatic rings. The molecule has 0 aromatic carbocycles. The minimum absolute atomic E-state index is 0.0211. The quantitative estimate of drug-likeness (QED) is 0.675. The summed E-state index contributed by atoms with van der Waals surface area (Å²) in [6.45, 7) is 8.16. The van der Waals surface area contributed by atoms with Gasteiger partial charge < -0.3 is 15.0 Å². The molecule has 2 aromatic heterocycles. The van der Waals surface area contributed by atoms with Crippen molar-refractivity contribution in [3.05, 3.63) is 41.6 Å². The molecule has 0 amide bonds. The number of nitrogens with one attached hydrogen (secondary N) is 1. The largest absolute Gasteiger partial charge is 0.381 e. The SMILES string of the molecule is CC(C)C1(c2cc(Nc3cc(C(F)F)ccn3)nc(N3CC4CC4C3)c2)CCOCC1. The Bertz CT molecular complexity index is 935. The van der Waals surface area contributed by atoms with E-state index in [0.717, 1.165) is 56.8 Å². The molecule has 5 rings (SSSR count). The van der Waals surface area contributed by atoms with Gasteiger partial charge in [-0.1, -0.05) is 13.8 Å². The van der Waals surface area contributed by atoms with E-state index in [-0.39, 0.29) is 11.0 Å². The first-order valence-electron chi connectivity index (χ1n) is 11.3. The zero-order valence-corrected chi connectivity index (χ0v) is 18.2. The van der Waals surface area contributed by atoms with Crippen LogP contribution in [0.5, 0.6) is 0 Å². The summed E-state index contributed by atoms with van der Waals surface area (Å²) < 4.78 is 32.0. The molecule has 2 atom stereocenters. The second-order valence-electron chi connectivity index (χ2n) is 9.58. The van der Waals surface area contributed by atoms with Gasteiger partial charge in [0.25, 0.3) is 6.43 Å². The summed E-state index contributed by atoms with van der Waals surface area (Å²) in [5.74, 6) is 4.08. The van der Waals surface area contributed by atoms with Crippen molar-refractivity contribution in [1.82, 2.24) is 9.97 Å². The highest BCUT2D eigenvalue weighted by Crippen LogP contribution is 2.48. The van der Waals surface area contributed by atoms with Crippen molar-refractivity contribution in [1.29, 1.82) is 0 Å². The Kier molecular flexibility index (Phi) is 5.32. The Morgan fingerprint density at radius 2 is 1.84 bits per heavy atom. The highest BCUT2D eigenvalue weighted by molar-refractivity contribution is 5.59. The molecule has 3 fully saturated rings. The standard InChI is InChI=1S/C24H30F2N4O/c1-15(2)24(4-7-31-8-5-24)19-11-21(28-20-10-16(23(25)26)3-6-27-20)29-22(12-19)30-13-17-9-18(17)14-30/h3,6,10-12,15,17-18,23H,4-5,7-9,13-14H2,1-2H3,(H,27,28,29). The Morgan fingerprint density at radius 3 is 2.52 bits per heavy atom. The maximum absolute atomic E-state index is 13.2. The van der Waals surface area contributed by atoms with Crippen LogP contribution in [0.15, 0.2) is 30.5 Å². The van der Waals surface area contributed by atoms with Crippen LogP contribution in [0.4, 0.5) is 26.2 Å². The molecule has 7 heteroatoms. The highest BCUT2D eigenvalue weighted by Gasteiger charge is 2.46. The number of halogens is 2. The summed E-state index contributed by atoms with van der Waals surface area (Å²) >= 11 is 0. The first kappa shape index (κ1) is 20.6. The number of alkyl halides is 2. The van der Waals surface area contributed by atoms with Crippen molar-refractivity contribution in [3.63, 3.8) is 0 Å². The number of aromatic nitrogens is 2. The van der Waals surface area contributed by atoms with E-state index in [4.69, 9.17) is 9.72 Å². The predicted molar refractivity (Wildman–Crippen MR) is 117 cm³/mol. The smallest absolute Gasteiger partial charge is 0.264 e. The van der Waals surface area contributed by atoms with E-state index in [1.54, 1.807) is 0 Å². The van der Waals surface area contributed by atoms with Gasteiger partial charge in [0.15, 0.2) is 0 Å². The maximum Gasteiger partial charge on any atom is 0.264 e. The molecule has 4 heterocycles. The number of hydrogen-bond donors (Lipinski definition) is 1. The lowest BCUT2D eigenvalue weighted by atomic mass is 9.67. The van der Waals surface area contributed by atoms with Crippen LogP contribution < -0.4 is 10.2 Å². The fourth-order valence-electron chi connectivity index (χ4n) is 5.33. The number of anilines is 3. The van der Waals surface area contributed by atoms with Crippen LogP contribution in [0.3, 0.4) is 0 Å². The van der Waals surface area contributed by atoms with Crippen LogP contribution >= 0.6 is 0 Å². The van der Waals surface area contributed by atoms with E-state index in [1.165, 1.54) is 30.3 Å². The molecule has 1 saturated carbocycles. The average Bonchev–Trinajstić information content (AvgIpc) is 3.38.